The van der Waals surface area contributed by atoms with Crippen LogP contribution in [0.2, 0.25) is 0 Å². The minimum absolute atomic E-state index is 0.554. The van der Waals surface area contributed by atoms with Gasteiger partial charge in [-0.2, -0.15) is 0 Å². The van der Waals surface area contributed by atoms with E-state index in [1.807, 2.05) is 42.5 Å². The number of aromatic nitrogens is 1. The molecule has 3 aromatic rings. The topological polar surface area (TPSA) is 64.9 Å². The van der Waals surface area contributed by atoms with Crippen molar-refractivity contribution in [3.05, 3.63) is 54.7 Å². The van der Waals surface area contributed by atoms with Gasteiger partial charge in [-0.05, 0) is 40.8 Å². The maximum atomic E-state index is 5.90. The van der Waals surface area contributed by atoms with Crippen molar-refractivity contribution in [2.75, 3.05) is 11.5 Å². The summed E-state index contributed by atoms with van der Waals surface area (Å²) in [6, 6.07) is 15.9. The van der Waals surface area contributed by atoms with Gasteiger partial charge in [0.05, 0.1) is 0 Å². The summed E-state index contributed by atoms with van der Waals surface area (Å²) >= 11 is 0. The summed E-state index contributed by atoms with van der Waals surface area (Å²) in [6.45, 7) is 0. The number of nitrogens with zero attached hydrogens (tertiary/aromatic N) is 1. The quantitative estimate of drug-likeness (QED) is 0.637. The maximum absolute atomic E-state index is 5.90. The molecule has 0 amide bonds. The molecule has 0 bridgehead atoms. The van der Waals surface area contributed by atoms with Crippen molar-refractivity contribution in [3.8, 4) is 11.1 Å². The number of nitrogen functional groups attached to an aromatic ring is 2. The zero-order valence-corrected chi connectivity index (χ0v) is 9.80. The molecule has 3 heteroatoms. The fourth-order valence-corrected chi connectivity index (χ4v) is 2.09. The second kappa shape index (κ2) is 4.04. The van der Waals surface area contributed by atoms with Gasteiger partial charge in [-0.3, -0.25) is 0 Å². The van der Waals surface area contributed by atoms with Gasteiger partial charge in [0.15, 0.2) is 0 Å². The normalized spacial score (nSPS) is 10.7. The van der Waals surface area contributed by atoms with E-state index in [9.17, 15) is 0 Å². The molecular weight excluding hydrogens is 222 g/mol. The average Bonchev–Trinajstić information content (AvgIpc) is 2.39. The summed E-state index contributed by atoms with van der Waals surface area (Å²) in [5.41, 5.74) is 14.6. The van der Waals surface area contributed by atoms with Crippen molar-refractivity contribution >= 4 is 22.3 Å². The van der Waals surface area contributed by atoms with Crippen LogP contribution in [0.25, 0.3) is 21.9 Å². The van der Waals surface area contributed by atoms with Gasteiger partial charge >= 0.3 is 0 Å². The summed E-state index contributed by atoms with van der Waals surface area (Å²) in [5, 5.41) is 2.06. The fraction of sp³-hybridized carbons (Fsp3) is 0. The van der Waals surface area contributed by atoms with Gasteiger partial charge in [-0.1, -0.05) is 24.3 Å². The molecule has 18 heavy (non-hydrogen) atoms. The van der Waals surface area contributed by atoms with Crippen molar-refractivity contribution in [1.29, 1.82) is 0 Å². The van der Waals surface area contributed by atoms with E-state index in [0.717, 1.165) is 27.6 Å². The van der Waals surface area contributed by atoms with Crippen LogP contribution in [0, 0.1) is 0 Å². The molecule has 0 spiro atoms. The number of hydrogen-bond donors (Lipinski definition) is 2. The van der Waals surface area contributed by atoms with E-state index in [1.165, 1.54) is 0 Å². The maximum Gasteiger partial charge on any atom is 0.131 e. The number of hydrogen-bond acceptors (Lipinski definition) is 3. The Kier molecular flexibility index (Phi) is 2.38. The largest absolute Gasteiger partial charge is 0.399 e. The van der Waals surface area contributed by atoms with E-state index >= 15 is 0 Å². The van der Waals surface area contributed by atoms with Crippen LogP contribution in [0.15, 0.2) is 54.7 Å². The number of rotatable bonds is 1. The Hall–Kier alpha value is -2.55. The lowest BCUT2D eigenvalue weighted by molar-refractivity contribution is 1.37. The second-order valence-corrected chi connectivity index (χ2v) is 4.26. The van der Waals surface area contributed by atoms with Crippen LogP contribution in [0.1, 0.15) is 0 Å². The smallest absolute Gasteiger partial charge is 0.131 e. The summed E-state index contributed by atoms with van der Waals surface area (Å²) in [5.74, 6) is 0.554. The molecule has 0 fully saturated rings. The molecule has 0 saturated heterocycles. The highest BCUT2D eigenvalue weighted by Crippen LogP contribution is 2.27. The first kappa shape index (κ1) is 10.6. The van der Waals surface area contributed by atoms with Crippen LogP contribution in [0.4, 0.5) is 11.5 Å². The van der Waals surface area contributed by atoms with Crippen molar-refractivity contribution in [2.24, 2.45) is 0 Å². The molecule has 0 aliphatic heterocycles. The summed E-state index contributed by atoms with van der Waals surface area (Å²) < 4.78 is 0. The van der Waals surface area contributed by atoms with E-state index in [4.69, 9.17) is 11.5 Å². The zero-order valence-electron chi connectivity index (χ0n) is 9.80. The van der Waals surface area contributed by atoms with E-state index in [0.29, 0.717) is 5.82 Å². The van der Waals surface area contributed by atoms with Gasteiger partial charge in [0.25, 0.3) is 0 Å². The standard InChI is InChI=1S/C15H13N3/c16-13-3-1-2-11(8-13)12-5-4-10-6-7-18-15(17)14(10)9-12/h1-9H,16H2,(H2,17,18). The number of pyridine rings is 1. The third-order valence-electron chi connectivity index (χ3n) is 3.02. The van der Waals surface area contributed by atoms with Gasteiger partial charge < -0.3 is 11.5 Å². The van der Waals surface area contributed by atoms with Crippen LogP contribution >= 0.6 is 0 Å². The van der Waals surface area contributed by atoms with Crippen LogP contribution in [-0.4, -0.2) is 4.98 Å². The second-order valence-electron chi connectivity index (χ2n) is 4.26. The summed E-state index contributed by atoms with van der Waals surface area (Å²) in [4.78, 5) is 4.11. The average molecular weight is 235 g/mol. The molecule has 4 N–H and O–H groups in total. The summed E-state index contributed by atoms with van der Waals surface area (Å²) in [6.07, 6.45) is 1.72. The third kappa shape index (κ3) is 1.76. The Morgan fingerprint density at radius 2 is 1.67 bits per heavy atom. The molecule has 0 saturated carbocycles. The minimum atomic E-state index is 0.554. The number of fused-ring (bicyclic) bond motifs is 1. The number of anilines is 2. The van der Waals surface area contributed by atoms with Gasteiger partial charge in [0.1, 0.15) is 5.82 Å². The van der Waals surface area contributed by atoms with Crippen molar-refractivity contribution in [2.45, 2.75) is 0 Å². The predicted molar refractivity (Wildman–Crippen MR) is 76.0 cm³/mol. The molecule has 1 aromatic heterocycles. The molecular formula is C15H13N3. The Bertz CT molecular complexity index is 720. The lowest BCUT2D eigenvalue weighted by Gasteiger charge is -2.06. The van der Waals surface area contributed by atoms with Crippen molar-refractivity contribution in [3.63, 3.8) is 0 Å². The zero-order chi connectivity index (χ0) is 12.5. The lowest BCUT2D eigenvalue weighted by Crippen LogP contribution is -1.91. The Balaban J connectivity index is 2.22. The molecule has 0 aliphatic carbocycles. The van der Waals surface area contributed by atoms with E-state index in [2.05, 4.69) is 11.1 Å². The third-order valence-corrected chi connectivity index (χ3v) is 3.02. The predicted octanol–water partition coefficient (Wildman–Crippen LogP) is 3.07. The van der Waals surface area contributed by atoms with Gasteiger partial charge in [-0.15, -0.1) is 0 Å². The number of nitrogens with two attached hydrogens (primary N) is 2. The van der Waals surface area contributed by atoms with Crippen molar-refractivity contribution in [1.82, 2.24) is 4.98 Å². The van der Waals surface area contributed by atoms with E-state index < -0.39 is 0 Å². The lowest BCUT2D eigenvalue weighted by atomic mass is 10.0. The first-order chi connectivity index (χ1) is 8.74. The van der Waals surface area contributed by atoms with E-state index in [-0.39, 0.29) is 0 Å². The van der Waals surface area contributed by atoms with Gasteiger partial charge in [-0.25, -0.2) is 4.98 Å². The van der Waals surface area contributed by atoms with E-state index in [1.54, 1.807) is 6.20 Å². The van der Waals surface area contributed by atoms with Gasteiger partial charge in [0, 0.05) is 17.3 Å². The molecule has 1 heterocycles. The highest BCUT2D eigenvalue weighted by Gasteiger charge is 2.02. The Morgan fingerprint density at radius 1 is 0.833 bits per heavy atom. The van der Waals surface area contributed by atoms with Crippen LogP contribution in [0.3, 0.4) is 0 Å². The monoisotopic (exact) mass is 235 g/mol. The molecule has 0 radical (unpaired) electrons. The minimum Gasteiger partial charge on any atom is -0.399 e. The molecule has 2 aromatic carbocycles. The first-order valence-electron chi connectivity index (χ1n) is 5.74. The molecule has 3 nitrogen and oxygen atoms in total. The molecule has 0 unspecified atom stereocenters. The molecule has 88 valence electrons. The van der Waals surface area contributed by atoms with Crippen molar-refractivity contribution < 1.29 is 0 Å². The Morgan fingerprint density at radius 3 is 2.50 bits per heavy atom. The fourth-order valence-electron chi connectivity index (χ4n) is 2.09. The number of benzene rings is 2. The molecule has 0 aliphatic rings. The Labute approximate surface area is 105 Å². The SMILES string of the molecule is Nc1cccc(-c2ccc3ccnc(N)c3c2)c1. The summed E-state index contributed by atoms with van der Waals surface area (Å²) in [7, 11) is 0. The first-order valence-corrected chi connectivity index (χ1v) is 5.74. The van der Waals surface area contributed by atoms with Crippen LogP contribution in [0.5, 0.6) is 0 Å². The highest BCUT2D eigenvalue weighted by atomic mass is 14.8. The van der Waals surface area contributed by atoms with Crippen LogP contribution < -0.4 is 11.5 Å². The van der Waals surface area contributed by atoms with Crippen LogP contribution in [-0.2, 0) is 0 Å². The highest BCUT2D eigenvalue weighted by molar-refractivity contribution is 5.94. The molecule has 3 rings (SSSR count). The molecule has 0 atom stereocenters. The van der Waals surface area contributed by atoms with Gasteiger partial charge in [0.2, 0.25) is 0 Å².